The zero-order chi connectivity index (χ0) is 35.0. The Morgan fingerprint density at radius 2 is 1.82 bits per heavy atom. The zero-order valence-electron chi connectivity index (χ0n) is 25.9. The van der Waals surface area contributed by atoms with E-state index in [4.69, 9.17) is 39.4 Å². The highest BCUT2D eigenvalue weighted by atomic mass is 32.7. The van der Waals surface area contributed by atoms with E-state index in [0.29, 0.717) is 11.3 Å². The normalized spacial score (nSPS) is 36.9. The van der Waals surface area contributed by atoms with Crippen molar-refractivity contribution in [2.75, 3.05) is 18.5 Å². The average molecular weight is 766 g/mol. The Morgan fingerprint density at radius 1 is 1.08 bits per heavy atom. The van der Waals surface area contributed by atoms with Gasteiger partial charge in [0, 0.05) is 24.4 Å². The molecule has 3 unspecified atom stereocenters. The van der Waals surface area contributed by atoms with Gasteiger partial charge in [-0.05, 0) is 32.6 Å². The molecule has 23 heteroatoms. The lowest BCUT2D eigenvalue weighted by Gasteiger charge is -2.28. The monoisotopic (exact) mass is 765 g/mol. The molecule has 3 aromatic heterocycles. The smallest absolute Gasteiger partial charge is 0.386 e. The molecule has 17 nitrogen and oxygen atoms in total. The molecule has 10 atom stereocenters. The second-order valence-corrected chi connectivity index (χ2v) is 18.3. The number of anilines is 1. The van der Waals surface area contributed by atoms with Crippen LogP contribution < -0.4 is 5.32 Å². The number of halogens is 2. The minimum atomic E-state index is -4.44. The lowest BCUT2D eigenvalue weighted by atomic mass is 10.1. The summed E-state index contributed by atoms with van der Waals surface area (Å²) in [5, 5.41) is 14.4. The average Bonchev–Trinajstić information content (AvgIpc) is 3.75. The molecule has 2 bridgehead atoms. The number of imidazole rings is 1. The first-order chi connectivity index (χ1) is 23.0. The number of Topliss-reactive ketones (excluding diaryl/α,β-unsaturated/α-hetero) is 1. The first-order valence-electron chi connectivity index (χ1n) is 14.9. The number of ketones is 1. The predicted octanol–water partition coefficient (Wildman–Crippen LogP) is 3.53. The van der Waals surface area contributed by atoms with Crippen LogP contribution in [0.15, 0.2) is 23.8 Å². The van der Waals surface area contributed by atoms with Crippen molar-refractivity contribution in [3.8, 4) is 0 Å². The van der Waals surface area contributed by atoms with Gasteiger partial charge in [0.15, 0.2) is 47.2 Å². The Kier molecular flexibility index (Phi) is 9.15. The Bertz CT molecular complexity index is 1930. The molecule has 0 spiro atoms. The van der Waals surface area contributed by atoms with Crippen molar-refractivity contribution in [2.24, 2.45) is 4.99 Å². The molecule has 0 amide bonds. The van der Waals surface area contributed by atoms with Gasteiger partial charge >= 0.3 is 13.5 Å². The number of ether oxygens (including phenoxy) is 2. The summed E-state index contributed by atoms with van der Waals surface area (Å²) in [4.78, 5) is 40.5. The number of carbonyl (C=O) groups is 1. The number of aliphatic hydroxyl groups is 1. The van der Waals surface area contributed by atoms with Crippen molar-refractivity contribution in [1.82, 2.24) is 24.1 Å². The summed E-state index contributed by atoms with van der Waals surface area (Å²) in [5.41, 5.74) is -0.127. The number of hydrogen-bond donors (Lipinski definition) is 4. The molecule has 0 aliphatic carbocycles. The Balaban J connectivity index is 1.18. The SMILES string of the molecule is CC(C)(C)Nc1ncnc2c1ncn2[C@@H]1O[C@@H]2COP(O)(=S)O[C@H]3C(n4cc(F)c5c4N=CCC5=O)O[C@H](COP(=O)(S)O[C@H]2[C@H]1F)[C@H]3O. The van der Waals surface area contributed by atoms with Gasteiger partial charge in [-0.2, -0.15) is 0 Å². The van der Waals surface area contributed by atoms with E-state index in [1.807, 2.05) is 20.8 Å². The highest BCUT2D eigenvalue weighted by molar-refractivity contribution is 8.44. The van der Waals surface area contributed by atoms with Crippen LogP contribution in [0.5, 0.6) is 0 Å². The summed E-state index contributed by atoms with van der Waals surface area (Å²) in [5.74, 6) is -1.14. The van der Waals surface area contributed by atoms with Crippen LogP contribution in [0.4, 0.5) is 20.4 Å². The van der Waals surface area contributed by atoms with Gasteiger partial charge in [-0.1, -0.05) is 12.2 Å². The van der Waals surface area contributed by atoms with Gasteiger partial charge in [-0.3, -0.25) is 22.9 Å². The van der Waals surface area contributed by atoms with Gasteiger partial charge in [-0.25, -0.2) is 33.3 Å². The highest BCUT2D eigenvalue weighted by Gasteiger charge is 2.54. The van der Waals surface area contributed by atoms with Crippen LogP contribution in [-0.2, 0) is 43.9 Å². The van der Waals surface area contributed by atoms with Crippen molar-refractivity contribution in [3.63, 3.8) is 0 Å². The largest absolute Gasteiger partial charge is 0.387 e. The lowest BCUT2D eigenvalue weighted by Crippen LogP contribution is -2.35. The number of hydrogen-bond acceptors (Lipinski definition) is 15. The summed E-state index contributed by atoms with van der Waals surface area (Å²) in [6, 6.07) is 0. The third kappa shape index (κ3) is 6.76. The molecule has 3 aromatic rings. The van der Waals surface area contributed by atoms with Crippen LogP contribution in [0.2, 0.25) is 0 Å². The fourth-order valence-electron chi connectivity index (χ4n) is 5.94. The van der Waals surface area contributed by atoms with Gasteiger partial charge in [0.25, 0.3) is 0 Å². The molecule has 49 heavy (non-hydrogen) atoms. The molecule has 0 aromatic carbocycles. The number of carbonyl (C=O) groups excluding carboxylic acids is 1. The standard InChI is InChI=1S/C26H31F2N7O10P2S2/c1-26(2,3)33-21-17-23(31-9-30-21)35(10-32-17)24-16(28)19-14(43-24)8-41-47(39,49)45-20-18(37)13(7-40-46(38,48)44-19)42-25(20)34-6-11(27)15-12(36)4-5-29-22(15)34/h5-6,9-10,13-14,16,18-20,24-25,37H,4,7-8H2,1-3H3,(H,38,48)(H,39,49)(H,30,31,33)/t13-,14-,16-,18-,19-,20-,24-,25?,46?,47?/m1/s1. The number of fused-ring (bicyclic) bond motifs is 5. The first-order valence-corrected chi connectivity index (χ1v) is 20.2. The van der Waals surface area contributed by atoms with Gasteiger partial charge in [0.2, 0.25) is 0 Å². The summed E-state index contributed by atoms with van der Waals surface area (Å²) >= 11 is 9.27. The zero-order valence-corrected chi connectivity index (χ0v) is 29.4. The molecule has 266 valence electrons. The van der Waals surface area contributed by atoms with E-state index in [1.54, 1.807) is 0 Å². The molecule has 0 saturated carbocycles. The van der Waals surface area contributed by atoms with Crippen LogP contribution in [-0.4, -0.2) is 102 Å². The molecule has 3 N–H and O–H groups in total. The lowest BCUT2D eigenvalue weighted by molar-refractivity contribution is -0.0592. The highest BCUT2D eigenvalue weighted by Crippen LogP contribution is 2.58. The van der Waals surface area contributed by atoms with Crippen molar-refractivity contribution >= 4 is 72.4 Å². The summed E-state index contributed by atoms with van der Waals surface area (Å²) < 4.78 is 81.2. The third-order valence-corrected chi connectivity index (χ3v) is 11.2. The number of thiol groups is 1. The maximum Gasteiger partial charge on any atom is 0.386 e. The van der Waals surface area contributed by atoms with Crippen molar-refractivity contribution in [1.29, 1.82) is 0 Å². The van der Waals surface area contributed by atoms with Crippen molar-refractivity contribution < 1.29 is 55.7 Å². The molecule has 4 aliphatic heterocycles. The van der Waals surface area contributed by atoms with E-state index in [-0.39, 0.29) is 29.0 Å². The Morgan fingerprint density at radius 3 is 2.57 bits per heavy atom. The number of nitrogens with one attached hydrogen (secondary N) is 1. The molecule has 0 radical (unpaired) electrons. The van der Waals surface area contributed by atoms with E-state index in [0.717, 1.165) is 10.8 Å². The molecule has 3 saturated heterocycles. The van der Waals surface area contributed by atoms with Crippen molar-refractivity contribution in [3.05, 3.63) is 30.2 Å². The number of rotatable bonds is 3. The predicted molar refractivity (Wildman–Crippen MR) is 174 cm³/mol. The fourth-order valence-corrected chi connectivity index (χ4v) is 8.84. The maximum atomic E-state index is 16.3. The van der Waals surface area contributed by atoms with E-state index < -0.39 is 87.5 Å². The fraction of sp³-hybridized carbons (Fsp3) is 0.577. The van der Waals surface area contributed by atoms with Crippen LogP contribution in [0, 0.1) is 5.82 Å². The quantitative estimate of drug-likeness (QED) is 0.223. The van der Waals surface area contributed by atoms with E-state index in [9.17, 15) is 23.7 Å². The maximum absolute atomic E-state index is 16.3. The third-order valence-electron chi connectivity index (χ3n) is 8.02. The molecular weight excluding hydrogens is 734 g/mol. The van der Waals surface area contributed by atoms with E-state index in [1.165, 1.54) is 23.4 Å². The van der Waals surface area contributed by atoms with Crippen molar-refractivity contribution in [2.45, 2.75) is 81.9 Å². The summed E-state index contributed by atoms with van der Waals surface area (Å²) in [6.07, 6.45) is -7.75. The first kappa shape index (κ1) is 35.2. The second kappa shape index (κ2) is 12.8. The molecule has 7 rings (SSSR count). The Labute approximate surface area is 287 Å². The number of aliphatic hydroxyl groups excluding tert-OH is 1. The summed E-state index contributed by atoms with van der Waals surface area (Å²) in [7, 11) is 0. The van der Waals surface area contributed by atoms with E-state index in [2.05, 4.69) is 37.5 Å². The second-order valence-electron chi connectivity index (χ2n) is 12.7. The molecule has 3 fully saturated rings. The Hall–Kier alpha value is -2.26. The van der Waals surface area contributed by atoms with Gasteiger partial charge in [-0.15, -0.1) is 0 Å². The minimum Gasteiger partial charge on any atom is -0.387 e. The van der Waals surface area contributed by atoms with Crippen LogP contribution in [0.25, 0.3) is 11.2 Å². The van der Waals surface area contributed by atoms with Crippen LogP contribution in [0.3, 0.4) is 0 Å². The number of nitrogens with zero attached hydrogens (tertiary/aromatic N) is 6. The summed E-state index contributed by atoms with van der Waals surface area (Å²) in [6.45, 7) is -4.28. The van der Waals surface area contributed by atoms with Crippen LogP contribution >= 0.6 is 25.8 Å². The minimum absolute atomic E-state index is 0.113. The number of aliphatic imine (C=N–C) groups is 1. The number of aromatic nitrogens is 5. The number of alkyl halides is 1. The molecular formula is C26H31F2N7O10P2S2. The molecule has 7 heterocycles. The van der Waals surface area contributed by atoms with E-state index >= 15 is 4.39 Å². The van der Waals surface area contributed by atoms with Gasteiger partial charge in [0.1, 0.15) is 42.7 Å². The van der Waals surface area contributed by atoms with Crippen LogP contribution in [0.1, 0.15) is 50.0 Å². The van der Waals surface area contributed by atoms with Gasteiger partial charge in [0.05, 0.1) is 25.1 Å². The molecule has 4 aliphatic rings. The topological polar surface area (TPSA) is 203 Å². The van der Waals surface area contributed by atoms with Gasteiger partial charge < -0.3 is 33.9 Å².